The number of fused-ring (bicyclic) bond motifs is 1. The molecule has 1 fully saturated rings. The van der Waals surface area contributed by atoms with Gasteiger partial charge in [-0.1, -0.05) is 30.3 Å². The summed E-state index contributed by atoms with van der Waals surface area (Å²) in [5, 5.41) is 49.7. The lowest BCUT2D eigenvalue weighted by atomic mass is 9.99. The van der Waals surface area contributed by atoms with Crippen molar-refractivity contribution in [2.45, 2.75) is 30.7 Å². The van der Waals surface area contributed by atoms with E-state index in [1.165, 1.54) is 13.2 Å². The zero-order valence-corrected chi connectivity index (χ0v) is 16.9. The summed E-state index contributed by atoms with van der Waals surface area (Å²) in [5.74, 6) is -0.447. The van der Waals surface area contributed by atoms with E-state index in [1.54, 1.807) is 30.3 Å². The second kappa shape index (κ2) is 8.77. The van der Waals surface area contributed by atoms with Crippen LogP contribution in [-0.4, -0.2) is 70.0 Å². The summed E-state index contributed by atoms with van der Waals surface area (Å²) in [6.45, 7) is -0.622. The average Bonchev–Trinajstić information content (AvgIpc) is 2.79. The Hall–Kier alpha value is -3.15. The highest BCUT2D eigenvalue weighted by Crippen LogP contribution is 2.36. The normalized spacial score (nSPS) is 25.6. The van der Waals surface area contributed by atoms with E-state index in [2.05, 4.69) is 0 Å². The van der Waals surface area contributed by atoms with E-state index in [9.17, 15) is 30.3 Å². The van der Waals surface area contributed by atoms with Crippen LogP contribution in [0.2, 0.25) is 0 Å². The van der Waals surface area contributed by atoms with Gasteiger partial charge in [0.2, 0.25) is 17.5 Å². The fourth-order valence-electron chi connectivity index (χ4n) is 3.59. The molecule has 4 rings (SSSR count). The molecule has 1 aliphatic heterocycles. The summed E-state index contributed by atoms with van der Waals surface area (Å²) >= 11 is 0. The maximum atomic E-state index is 12.9. The minimum absolute atomic E-state index is 0.0192. The third-order valence-corrected chi connectivity index (χ3v) is 5.25. The molecule has 2 heterocycles. The van der Waals surface area contributed by atoms with Crippen molar-refractivity contribution in [2.75, 3.05) is 13.7 Å². The Bertz CT molecular complexity index is 1160. The number of methoxy groups -OCH3 is 1. The van der Waals surface area contributed by atoms with Gasteiger partial charge in [0.15, 0.2) is 5.76 Å². The van der Waals surface area contributed by atoms with Crippen LogP contribution in [0, 0.1) is 0 Å². The fraction of sp³-hybridized carbons (Fsp3) is 0.318. The molecule has 2 unspecified atom stereocenters. The van der Waals surface area contributed by atoms with Gasteiger partial charge >= 0.3 is 0 Å². The summed E-state index contributed by atoms with van der Waals surface area (Å²) in [6, 6.07) is 11.2. The van der Waals surface area contributed by atoms with Crippen molar-refractivity contribution in [3.05, 3.63) is 52.7 Å². The third-order valence-electron chi connectivity index (χ3n) is 5.25. The number of aliphatic hydroxyl groups excluding tert-OH is 4. The van der Waals surface area contributed by atoms with E-state index in [4.69, 9.17) is 18.6 Å². The lowest BCUT2D eigenvalue weighted by molar-refractivity contribution is -0.277. The molecular formula is C22H22O10. The number of hydrogen-bond acceptors (Lipinski definition) is 10. The third kappa shape index (κ3) is 3.78. The number of phenolic OH excluding ortho intramolecular Hbond substituents is 1. The second-order valence-corrected chi connectivity index (χ2v) is 7.29. The highest BCUT2D eigenvalue weighted by molar-refractivity contribution is 5.88. The topological polar surface area (TPSA) is 159 Å². The molecule has 0 spiro atoms. The van der Waals surface area contributed by atoms with Crippen LogP contribution in [0.3, 0.4) is 0 Å². The minimum atomic E-state index is -1.65. The van der Waals surface area contributed by atoms with Crippen LogP contribution in [-0.2, 0) is 4.74 Å². The smallest absolute Gasteiger partial charge is 0.239 e. The molecule has 0 amide bonds. The predicted molar refractivity (Wildman–Crippen MR) is 111 cm³/mol. The predicted octanol–water partition coefficient (Wildman–Crippen LogP) is 0.353. The Morgan fingerprint density at radius 3 is 2.41 bits per heavy atom. The van der Waals surface area contributed by atoms with Gasteiger partial charge in [-0.15, -0.1) is 0 Å². The fourth-order valence-corrected chi connectivity index (χ4v) is 3.59. The summed E-state index contributed by atoms with van der Waals surface area (Å²) in [5.41, 5.74) is -0.0400. The largest absolute Gasteiger partial charge is 0.507 e. The summed E-state index contributed by atoms with van der Waals surface area (Å²) in [4.78, 5) is 12.9. The van der Waals surface area contributed by atoms with E-state index in [1.807, 2.05) is 0 Å². The van der Waals surface area contributed by atoms with Crippen LogP contribution in [0.15, 0.2) is 51.7 Å². The van der Waals surface area contributed by atoms with Gasteiger partial charge in [-0.05, 0) is 0 Å². The lowest BCUT2D eigenvalue weighted by Gasteiger charge is -2.39. The Balaban J connectivity index is 1.77. The van der Waals surface area contributed by atoms with Gasteiger partial charge in [0.05, 0.1) is 13.7 Å². The number of hydrogen-bond donors (Lipinski definition) is 5. The molecule has 5 N–H and O–H groups in total. The summed E-state index contributed by atoms with van der Waals surface area (Å²) < 4.78 is 22.0. The van der Waals surface area contributed by atoms with Gasteiger partial charge in [0.1, 0.15) is 46.9 Å². The van der Waals surface area contributed by atoms with E-state index in [0.29, 0.717) is 5.56 Å². The summed E-state index contributed by atoms with van der Waals surface area (Å²) in [7, 11) is 1.32. The number of aliphatic hydroxyl groups is 4. The number of phenols is 1. The van der Waals surface area contributed by atoms with Crippen LogP contribution < -0.4 is 14.9 Å². The first kappa shape index (κ1) is 22.1. The van der Waals surface area contributed by atoms with Crippen LogP contribution in [0.25, 0.3) is 22.3 Å². The van der Waals surface area contributed by atoms with Crippen molar-refractivity contribution < 1.29 is 44.2 Å². The van der Waals surface area contributed by atoms with E-state index in [-0.39, 0.29) is 28.2 Å². The van der Waals surface area contributed by atoms with Gasteiger partial charge in [-0.2, -0.15) is 0 Å². The number of rotatable bonds is 5. The zero-order valence-electron chi connectivity index (χ0n) is 16.9. The average molecular weight is 446 g/mol. The molecule has 32 heavy (non-hydrogen) atoms. The Morgan fingerprint density at radius 2 is 1.75 bits per heavy atom. The van der Waals surface area contributed by atoms with Gasteiger partial charge in [0.25, 0.3) is 0 Å². The van der Waals surface area contributed by atoms with E-state index >= 15 is 0 Å². The molecule has 0 bridgehead atoms. The van der Waals surface area contributed by atoms with Crippen molar-refractivity contribution in [3.63, 3.8) is 0 Å². The van der Waals surface area contributed by atoms with Crippen LogP contribution in [0.4, 0.5) is 0 Å². The molecule has 3 aromatic rings. The Morgan fingerprint density at radius 1 is 1.03 bits per heavy atom. The number of benzene rings is 2. The maximum Gasteiger partial charge on any atom is 0.239 e. The van der Waals surface area contributed by atoms with Crippen molar-refractivity contribution >= 4 is 11.0 Å². The summed E-state index contributed by atoms with van der Waals surface area (Å²) in [6.07, 6.45) is -7.46. The Kier molecular flexibility index (Phi) is 6.04. The van der Waals surface area contributed by atoms with Crippen LogP contribution >= 0.6 is 0 Å². The standard InChI is InChI=1S/C22H22O10/c1-29-21-17(26)15-12(24)7-11(8-13(15)31-20(21)10-5-3-2-4-6-10)30-22-19(28)18(27)16(25)14(9-23)32-22/h2-8,14,16,18-19,22-25,27-28H,9H2,1H3/t14?,16-,18+,19?,22-/m1/s1. The maximum absolute atomic E-state index is 12.9. The number of ether oxygens (including phenoxy) is 3. The monoisotopic (exact) mass is 446 g/mol. The minimum Gasteiger partial charge on any atom is -0.507 e. The van der Waals surface area contributed by atoms with Crippen molar-refractivity contribution in [1.29, 1.82) is 0 Å². The highest BCUT2D eigenvalue weighted by Gasteiger charge is 2.44. The molecule has 170 valence electrons. The first-order chi connectivity index (χ1) is 15.3. The zero-order chi connectivity index (χ0) is 23.0. The quantitative estimate of drug-likeness (QED) is 0.370. The molecule has 1 aliphatic rings. The molecule has 1 aromatic heterocycles. The van der Waals surface area contributed by atoms with Crippen LogP contribution in [0.1, 0.15) is 0 Å². The molecule has 0 saturated carbocycles. The van der Waals surface area contributed by atoms with Crippen molar-refractivity contribution in [3.8, 4) is 28.6 Å². The van der Waals surface area contributed by atoms with Gasteiger partial charge in [0, 0.05) is 17.7 Å². The molecule has 2 aromatic carbocycles. The van der Waals surface area contributed by atoms with Gasteiger partial charge in [-0.25, -0.2) is 0 Å². The molecule has 1 saturated heterocycles. The van der Waals surface area contributed by atoms with Crippen LogP contribution in [0.5, 0.6) is 17.2 Å². The second-order valence-electron chi connectivity index (χ2n) is 7.29. The number of aromatic hydroxyl groups is 1. The lowest BCUT2D eigenvalue weighted by Crippen LogP contribution is -2.60. The molecule has 0 aliphatic carbocycles. The molecule has 10 heteroatoms. The molecule has 10 nitrogen and oxygen atoms in total. The van der Waals surface area contributed by atoms with Crippen molar-refractivity contribution in [2.24, 2.45) is 0 Å². The van der Waals surface area contributed by atoms with Gasteiger partial charge < -0.3 is 44.2 Å². The van der Waals surface area contributed by atoms with E-state index in [0.717, 1.165) is 6.07 Å². The molecular weight excluding hydrogens is 424 g/mol. The SMILES string of the molecule is COc1c(-c2ccccc2)oc2cc(O[C@@H]3OC(CO)[C@@H](O)[C@H](O)C3O)cc(O)c2c1=O. The van der Waals surface area contributed by atoms with Gasteiger partial charge in [-0.3, -0.25) is 4.79 Å². The molecule has 5 atom stereocenters. The van der Waals surface area contributed by atoms with E-state index < -0.39 is 48.5 Å². The first-order valence-electron chi connectivity index (χ1n) is 9.76. The Labute approximate surface area is 181 Å². The first-order valence-corrected chi connectivity index (χ1v) is 9.76. The highest BCUT2D eigenvalue weighted by atomic mass is 16.7. The molecule has 0 radical (unpaired) electrons. The van der Waals surface area contributed by atoms with Crippen molar-refractivity contribution in [1.82, 2.24) is 0 Å².